The number of ketones is 2. The van der Waals surface area contributed by atoms with Crippen LogP contribution in [-0.4, -0.2) is 21.5 Å². The van der Waals surface area contributed by atoms with Crippen molar-refractivity contribution in [2.24, 2.45) is 0 Å². The first-order valence-electron chi connectivity index (χ1n) is 8.09. The summed E-state index contributed by atoms with van der Waals surface area (Å²) in [5.74, 6) is -0.280. The molecule has 0 aliphatic heterocycles. The summed E-state index contributed by atoms with van der Waals surface area (Å²) >= 11 is 0. The number of carbonyl (C=O) groups excluding carboxylic acids is 2. The van der Waals surface area contributed by atoms with Crippen molar-refractivity contribution in [3.05, 3.63) is 108 Å². The van der Waals surface area contributed by atoms with E-state index in [9.17, 15) is 9.59 Å². The minimum atomic E-state index is -0.140. The van der Waals surface area contributed by atoms with Crippen molar-refractivity contribution in [3.63, 3.8) is 0 Å². The van der Waals surface area contributed by atoms with E-state index in [1.54, 1.807) is 48.8 Å². The minimum absolute atomic E-state index is 0.140. The molecule has 0 bridgehead atoms. The lowest BCUT2D eigenvalue weighted by molar-refractivity contribution is 0.103. The van der Waals surface area contributed by atoms with Crippen LogP contribution in [0, 0.1) is 0 Å². The van der Waals surface area contributed by atoms with Gasteiger partial charge in [-0.15, -0.1) is 0 Å². The number of pyridine rings is 2. The summed E-state index contributed by atoms with van der Waals surface area (Å²) in [4.78, 5) is 32.6. The molecule has 0 spiro atoms. The maximum atomic E-state index is 12.2. The monoisotopic (exact) mass is 340 g/mol. The highest BCUT2D eigenvalue weighted by molar-refractivity contribution is 6.09. The van der Waals surface area contributed by atoms with Crippen LogP contribution in [0.1, 0.15) is 32.1 Å². The van der Waals surface area contributed by atoms with Crippen LogP contribution < -0.4 is 0 Å². The van der Waals surface area contributed by atoms with E-state index < -0.39 is 0 Å². The predicted molar refractivity (Wildman–Crippen MR) is 102 cm³/mol. The van der Waals surface area contributed by atoms with Crippen LogP contribution in [0.15, 0.2) is 85.2 Å². The molecule has 2 aromatic heterocycles. The molecule has 26 heavy (non-hydrogen) atoms. The van der Waals surface area contributed by atoms with Gasteiger partial charge < -0.3 is 0 Å². The molecular formula is C22H16N2O2. The average molecular weight is 340 g/mol. The van der Waals surface area contributed by atoms with Gasteiger partial charge in [0.2, 0.25) is 0 Å². The van der Waals surface area contributed by atoms with Gasteiger partial charge in [-0.3, -0.25) is 19.6 Å². The average Bonchev–Trinajstić information content (AvgIpc) is 2.72. The maximum absolute atomic E-state index is 12.2. The molecule has 0 atom stereocenters. The predicted octanol–water partition coefficient (Wildman–Crippen LogP) is 4.27. The molecule has 0 radical (unpaired) electrons. The lowest BCUT2D eigenvalue weighted by Crippen LogP contribution is -1.98. The van der Waals surface area contributed by atoms with Crippen molar-refractivity contribution in [1.82, 2.24) is 9.97 Å². The van der Waals surface area contributed by atoms with Crippen LogP contribution in [0.5, 0.6) is 0 Å². The van der Waals surface area contributed by atoms with Gasteiger partial charge in [0, 0.05) is 23.5 Å². The normalized spacial score (nSPS) is 11.1. The quantitative estimate of drug-likeness (QED) is 0.497. The molecule has 0 saturated carbocycles. The fraction of sp³-hybridized carbons (Fsp3) is 0. The van der Waals surface area contributed by atoms with E-state index in [0.717, 1.165) is 0 Å². The molecule has 0 unspecified atom stereocenters. The smallest absolute Gasteiger partial charge is 0.185 e. The Kier molecular flexibility index (Phi) is 5.58. The Bertz CT molecular complexity index is 864. The van der Waals surface area contributed by atoms with E-state index in [2.05, 4.69) is 9.97 Å². The van der Waals surface area contributed by atoms with Gasteiger partial charge >= 0.3 is 0 Å². The minimum Gasteiger partial charge on any atom is -0.289 e. The summed E-state index contributed by atoms with van der Waals surface area (Å²) in [6.07, 6.45) is 9.61. The zero-order chi connectivity index (χ0) is 18.2. The Hall–Kier alpha value is -3.66. The second-order valence-electron chi connectivity index (χ2n) is 5.48. The molecule has 2 heterocycles. The largest absolute Gasteiger partial charge is 0.289 e. The molecule has 4 heteroatoms. The van der Waals surface area contributed by atoms with E-state index in [1.807, 2.05) is 36.4 Å². The fourth-order valence-corrected chi connectivity index (χ4v) is 2.26. The molecule has 0 N–H and O–H groups in total. The summed E-state index contributed by atoms with van der Waals surface area (Å²) in [6, 6.07) is 17.6. The van der Waals surface area contributed by atoms with Gasteiger partial charge in [0.25, 0.3) is 0 Å². The topological polar surface area (TPSA) is 59.9 Å². The molecule has 3 rings (SSSR count). The van der Waals surface area contributed by atoms with Gasteiger partial charge in [-0.2, -0.15) is 0 Å². The van der Waals surface area contributed by atoms with Crippen LogP contribution in [-0.2, 0) is 0 Å². The van der Waals surface area contributed by atoms with Crippen molar-refractivity contribution in [3.8, 4) is 0 Å². The van der Waals surface area contributed by atoms with Crippen molar-refractivity contribution >= 4 is 23.7 Å². The van der Waals surface area contributed by atoms with E-state index in [-0.39, 0.29) is 11.6 Å². The Morgan fingerprint density at radius 1 is 0.615 bits per heavy atom. The number of carbonyl (C=O) groups is 2. The van der Waals surface area contributed by atoms with Crippen LogP contribution in [0.4, 0.5) is 0 Å². The van der Waals surface area contributed by atoms with E-state index in [0.29, 0.717) is 22.5 Å². The molecule has 3 aromatic rings. The highest BCUT2D eigenvalue weighted by Gasteiger charge is 2.05. The maximum Gasteiger partial charge on any atom is 0.185 e. The van der Waals surface area contributed by atoms with Gasteiger partial charge in [0.05, 0.1) is 11.4 Å². The highest BCUT2D eigenvalue weighted by atomic mass is 16.1. The van der Waals surface area contributed by atoms with Crippen molar-refractivity contribution in [2.45, 2.75) is 0 Å². The number of aromatic nitrogens is 2. The third-order valence-corrected chi connectivity index (χ3v) is 3.64. The number of rotatable bonds is 6. The molecular weight excluding hydrogens is 324 g/mol. The standard InChI is InChI=1S/C22H16N2O2/c25-21(13-11-19-5-1-3-15-23-19)17-7-9-18(10-8-17)22(26)14-12-20-6-2-4-16-24-20/h1-16H/b13-11+,14-12+. The van der Waals surface area contributed by atoms with E-state index in [1.165, 1.54) is 12.2 Å². The number of benzene rings is 1. The second kappa shape index (κ2) is 8.44. The Morgan fingerprint density at radius 3 is 1.38 bits per heavy atom. The number of nitrogens with zero attached hydrogens (tertiary/aromatic N) is 2. The first-order valence-corrected chi connectivity index (χ1v) is 8.09. The molecule has 4 nitrogen and oxygen atoms in total. The summed E-state index contributed by atoms with van der Waals surface area (Å²) in [6.45, 7) is 0. The van der Waals surface area contributed by atoms with Gasteiger partial charge in [0.1, 0.15) is 0 Å². The molecule has 0 aliphatic carbocycles. The molecule has 0 fully saturated rings. The van der Waals surface area contributed by atoms with Crippen LogP contribution in [0.3, 0.4) is 0 Å². The summed E-state index contributed by atoms with van der Waals surface area (Å²) < 4.78 is 0. The fourth-order valence-electron chi connectivity index (χ4n) is 2.26. The van der Waals surface area contributed by atoms with Crippen molar-refractivity contribution in [1.29, 1.82) is 0 Å². The lowest BCUT2D eigenvalue weighted by atomic mass is 10.0. The Balaban J connectivity index is 1.66. The van der Waals surface area contributed by atoms with E-state index in [4.69, 9.17) is 0 Å². The number of hydrogen-bond acceptors (Lipinski definition) is 4. The highest BCUT2D eigenvalue weighted by Crippen LogP contribution is 2.09. The van der Waals surface area contributed by atoms with Crippen LogP contribution >= 0.6 is 0 Å². The first kappa shape index (κ1) is 17.2. The van der Waals surface area contributed by atoms with Gasteiger partial charge in [-0.1, -0.05) is 36.4 Å². The molecule has 1 aromatic carbocycles. The van der Waals surface area contributed by atoms with Crippen molar-refractivity contribution < 1.29 is 9.59 Å². The molecule has 126 valence electrons. The lowest BCUT2D eigenvalue weighted by Gasteiger charge is -1.99. The van der Waals surface area contributed by atoms with Crippen molar-refractivity contribution in [2.75, 3.05) is 0 Å². The molecule has 0 amide bonds. The summed E-state index contributed by atoms with van der Waals surface area (Å²) in [5.41, 5.74) is 2.46. The third-order valence-electron chi connectivity index (χ3n) is 3.64. The molecule has 0 saturated heterocycles. The Labute approximate surface area is 151 Å². The van der Waals surface area contributed by atoms with E-state index >= 15 is 0 Å². The number of hydrogen-bond donors (Lipinski definition) is 0. The zero-order valence-corrected chi connectivity index (χ0v) is 13.9. The third kappa shape index (κ3) is 4.68. The second-order valence-corrected chi connectivity index (χ2v) is 5.48. The van der Waals surface area contributed by atoms with Gasteiger partial charge in [-0.25, -0.2) is 0 Å². The molecule has 0 aliphatic rings. The van der Waals surface area contributed by atoms with Gasteiger partial charge in [-0.05, 0) is 48.6 Å². The zero-order valence-electron chi connectivity index (χ0n) is 13.9. The van der Waals surface area contributed by atoms with Crippen LogP contribution in [0.25, 0.3) is 12.2 Å². The number of allylic oxidation sites excluding steroid dienone is 2. The summed E-state index contributed by atoms with van der Waals surface area (Å²) in [7, 11) is 0. The Morgan fingerprint density at radius 2 is 1.04 bits per heavy atom. The summed E-state index contributed by atoms with van der Waals surface area (Å²) in [5, 5.41) is 0. The van der Waals surface area contributed by atoms with Gasteiger partial charge in [0.15, 0.2) is 11.6 Å². The van der Waals surface area contributed by atoms with Crippen LogP contribution in [0.2, 0.25) is 0 Å². The first-order chi connectivity index (χ1) is 12.7. The SMILES string of the molecule is O=C(/C=C/c1ccccn1)c1ccc(C(=O)/C=C/c2ccccn2)cc1.